The largest absolute Gasteiger partial charge is 0.333 e. The van der Waals surface area contributed by atoms with Crippen LogP contribution in [-0.2, 0) is 13.1 Å². The van der Waals surface area contributed by atoms with Gasteiger partial charge in [-0.1, -0.05) is 6.07 Å². The van der Waals surface area contributed by atoms with Crippen LogP contribution in [0.3, 0.4) is 0 Å². The van der Waals surface area contributed by atoms with Gasteiger partial charge in [-0.25, -0.2) is 9.37 Å². The minimum absolute atomic E-state index is 0.241. The lowest BCUT2D eigenvalue weighted by Crippen LogP contribution is -2.05. The molecule has 1 heterocycles. The predicted octanol–water partition coefficient (Wildman–Crippen LogP) is 2.55. The molecule has 0 amide bonds. The van der Waals surface area contributed by atoms with E-state index in [1.165, 1.54) is 6.07 Å². The zero-order valence-corrected chi connectivity index (χ0v) is 11.0. The number of nitrogens with zero attached hydrogens (tertiary/aromatic N) is 2. The van der Waals surface area contributed by atoms with Gasteiger partial charge in [0.15, 0.2) is 0 Å². The zero-order chi connectivity index (χ0) is 12.3. The van der Waals surface area contributed by atoms with Crippen molar-refractivity contribution < 1.29 is 4.39 Å². The van der Waals surface area contributed by atoms with Gasteiger partial charge in [-0.15, -0.1) is 0 Å². The van der Waals surface area contributed by atoms with Crippen molar-refractivity contribution in [2.75, 3.05) is 7.05 Å². The van der Waals surface area contributed by atoms with Gasteiger partial charge in [0.1, 0.15) is 5.82 Å². The van der Waals surface area contributed by atoms with Crippen molar-refractivity contribution in [1.29, 1.82) is 0 Å². The monoisotopic (exact) mass is 297 g/mol. The molecule has 0 fully saturated rings. The Labute approximate surface area is 108 Å². The minimum atomic E-state index is -0.241. The highest BCUT2D eigenvalue weighted by atomic mass is 79.9. The Morgan fingerprint density at radius 1 is 1.47 bits per heavy atom. The third-order valence-electron chi connectivity index (χ3n) is 2.39. The normalized spacial score (nSPS) is 10.8. The fourth-order valence-corrected chi connectivity index (χ4v) is 2.04. The summed E-state index contributed by atoms with van der Waals surface area (Å²) in [4.78, 5) is 4.26. The van der Waals surface area contributed by atoms with Gasteiger partial charge < -0.3 is 9.88 Å². The number of halogens is 2. The van der Waals surface area contributed by atoms with E-state index < -0.39 is 0 Å². The molecule has 0 aliphatic heterocycles. The first kappa shape index (κ1) is 12.3. The van der Waals surface area contributed by atoms with Gasteiger partial charge in [0.05, 0.1) is 16.5 Å². The summed E-state index contributed by atoms with van der Waals surface area (Å²) >= 11 is 3.18. The molecule has 1 aromatic carbocycles. The summed E-state index contributed by atoms with van der Waals surface area (Å²) in [5.41, 5.74) is 2.03. The molecule has 2 rings (SSSR count). The van der Waals surface area contributed by atoms with E-state index in [0.717, 1.165) is 17.8 Å². The summed E-state index contributed by atoms with van der Waals surface area (Å²) in [5.74, 6) is -0.241. The summed E-state index contributed by atoms with van der Waals surface area (Å²) in [7, 11) is 1.89. The molecule has 0 aliphatic carbocycles. The summed E-state index contributed by atoms with van der Waals surface area (Å²) in [6, 6.07) is 5.02. The quantitative estimate of drug-likeness (QED) is 0.940. The lowest BCUT2D eigenvalue weighted by molar-refractivity contribution is 0.619. The predicted molar refractivity (Wildman–Crippen MR) is 68.2 cm³/mol. The summed E-state index contributed by atoms with van der Waals surface area (Å²) in [6.45, 7) is 1.44. The van der Waals surface area contributed by atoms with Crippen LogP contribution < -0.4 is 5.32 Å². The molecule has 3 nitrogen and oxygen atoms in total. The van der Waals surface area contributed by atoms with Crippen LogP contribution in [0.2, 0.25) is 0 Å². The van der Waals surface area contributed by atoms with Crippen molar-refractivity contribution in [2.24, 2.45) is 0 Å². The average molecular weight is 298 g/mol. The second-order valence-corrected chi connectivity index (χ2v) is 4.67. The van der Waals surface area contributed by atoms with Gasteiger partial charge in [-0.05, 0) is 40.7 Å². The third kappa shape index (κ3) is 3.14. The van der Waals surface area contributed by atoms with Crippen LogP contribution in [0, 0.1) is 5.82 Å². The topological polar surface area (TPSA) is 29.9 Å². The lowest BCUT2D eigenvalue weighted by atomic mass is 10.2. The van der Waals surface area contributed by atoms with Gasteiger partial charge in [0.2, 0.25) is 0 Å². The van der Waals surface area contributed by atoms with Gasteiger partial charge in [0.25, 0.3) is 0 Å². The zero-order valence-electron chi connectivity index (χ0n) is 9.45. The molecule has 0 bridgehead atoms. The van der Waals surface area contributed by atoms with Crippen molar-refractivity contribution >= 4 is 15.9 Å². The lowest BCUT2D eigenvalue weighted by Gasteiger charge is -2.03. The highest BCUT2D eigenvalue weighted by molar-refractivity contribution is 9.10. The molecule has 90 valence electrons. The van der Waals surface area contributed by atoms with E-state index in [1.807, 2.05) is 17.8 Å². The van der Waals surface area contributed by atoms with E-state index >= 15 is 0 Å². The molecule has 0 atom stereocenters. The standard InChI is InChI=1S/C12H13BrFN3/c1-15-5-10-7-17(8-16-10)6-9-2-3-12(14)11(13)4-9/h2-4,7-8,15H,5-6H2,1H3. The Bertz CT molecular complexity index is 510. The average Bonchev–Trinajstić information content (AvgIpc) is 2.72. The van der Waals surface area contributed by atoms with Gasteiger partial charge >= 0.3 is 0 Å². The second-order valence-electron chi connectivity index (χ2n) is 3.82. The molecule has 1 aromatic heterocycles. The SMILES string of the molecule is CNCc1cn(Cc2ccc(F)c(Br)c2)cn1. The number of hydrogen-bond donors (Lipinski definition) is 1. The second kappa shape index (κ2) is 5.42. The van der Waals surface area contributed by atoms with E-state index in [4.69, 9.17) is 0 Å². The van der Waals surface area contributed by atoms with Gasteiger partial charge in [0, 0.05) is 19.3 Å². The number of imidazole rings is 1. The summed E-state index contributed by atoms with van der Waals surface area (Å²) < 4.78 is 15.5. The van der Waals surface area contributed by atoms with Crippen LogP contribution in [0.15, 0.2) is 35.2 Å². The highest BCUT2D eigenvalue weighted by Gasteiger charge is 2.02. The van der Waals surface area contributed by atoms with Crippen LogP contribution >= 0.6 is 15.9 Å². The van der Waals surface area contributed by atoms with Crippen LogP contribution in [0.25, 0.3) is 0 Å². The van der Waals surface area contributed by atoms with Gasteiger partial charge in [-0.2, -0.15) is 0 Å². The molecule has 5 heteroatoms. The maximum atomic E-state index is 13.1. The van der Waals surface area contributed by atoms with E-state index in [1.54, 1.807) is 18.5 Å². The first-order valence-electron chi connectivity index (χ1n) is 5.28. The maximum Gasteiger partial charge on any atom is 0.137 e. The molecule has 0 aliphatic rings. The smallest absolute Gasteiger partial charge is 0.137 e. The van der Waals surface area contributed by atoms with E-state index in [9.17, 15) is 4.39 Å². The molecule has 0 saturated carbocycles. The van der Waals surface area contributed by atoms with E-state index in [-0.39, 0.29) is 5.82 Å². The number of nitrogens with one attached hydrogen (secondary N) is 1. The Kier molecular flexibility index (Phi) is 3.91. The van der Waals surface area contributed by atoms with Gasteiger partial charge in [-0.3, -0.25) is 0 Å². The number of hydrogen-bond acceptors (Lipinski definition) is 2. The van der Waals surface area contributed by atoms with Crippen molar-refractivity contribution in [1.82, 2.24) is 14.9 Å². The maximum absolute atomic E-state index is 13.1. The van der Waals surface area contributed by atoms with Crippen molar-refractivity contribution in [3.63, 3.8) is 0 Å². The Morgan fingerprint density at radius 3 is 3.00 bits per heavy atom. The minimum Gasteiger partial charge on any atom is -0.333 e. The summed E-state index contributed by atoms with van der Waals surface area (Å²) in [5, 5.41) is 3.04. The molecule has 2 aromatic rings. The Hall–Kier alpha value is -1.20. The molecule has 0 saturated heterocycles. The first-order chi connectivity index (χ1) is 8.19. The van der Waals surface area contributed by atoms with Crippen molar-refractivity contribution in [3.8, 4) is 0 Å². The Morgan fingerprint density at radius 2 is 2.29 bits per heavy atom. The summed E-state index contributed by atoms with van der Waals surface area (Å²) in [6.07, 6.45) is 3.76. The fraction of sp³-hybridized carbons (Fsp3) is 0.250. The molecular formula is C12H13BrFN3. The van der Waals surface area contributed by atoms with Crippen LogP contribution in [-0.4, -0.2) is 16.6 Å². The molecular weight excluding hydrogens is 285 g/mol. The molecule has 1 N–H and O–H groups in total. The van der Waals surface area contributed by atoms with E-state index in [2.05, 4.69) is 26.2 Å². The van der Waals surface area contributed by atoms with Crippen LogP contribution in [0.4, 0.5) is 4.39 Å². The number of aromatic nitrogens is 2. The number of benzene rings is 1. The molecule has 0 spiro atoms. The highest BCUT2D eigenvalue weighted by Crippen LogP contribution is 2.17. The Balaban J connectivity index is 2.11. The molecule has 17 heavy (non-hydrogen) atoms. The first-order valence-corrected chi connectivity index (χ1v) is 6.07. The third-order valence-corrected chi connectivity index (χ3v) is 3.00. The van der Waals surface area contributed by atoms with Crippen LogP contribution in [0.1, 0.15) is 11.3 Å². The van der Waals surface area contributed by atoms with Crippen molar-refractivity contribution in [3.05, 3.63) is 52.3 Å². The van der Waals surface area contributed by atoms with Crippen molar-refractivity contribution in [2.45, 2.75) is 13.1 Å². The number of rotatable bonds is 4. The molecule has 0 radical (unpaired) electrons. The van der Waals surface area contributed by atoms with E-state index in [0.29, 0.717) is 11.0 Å². The fourth-order valence-electron chi connectivity index (χ4n) is 1.61. The molecule has 0 unspecified atom stereocenters. The van der Waals surface area contributed by atoms with Crippen LogP contribution in [0.5, 0.6) is 0 Å².